The van der Waals surface area contributed by atoms with Crippen LogP contribution in [-0.4, -0.2) is 36.2 Å². The first-order valence-corrected chi connectivity index (χ1v) is 8.10. The Morgan fingerprint density at radius 3 is 2.38 bits per heavy atom. The van der Waals surface area contributed by atoms with Crippen molar-refractivity contribution in [2.45, 2.75) is 37.3 Å². The Hall–Kier alpha value is -1.03. The van der Waals surface area contributed by atoms with Gasteiger partial charge in [0.05, 0.1) is 17.2 Å². The lowest BCUT2D eigenvalue weighted by Crippen LogP contribution is -2.51. The molecule has 0 aliphatic heterocycles. The maximum absolute atomic E-state index is 14.1. The molecule has 0 saturated heterocycles. The summed E-state index contributed by atoms with van der Waals surface area (Å²) in [5.74, 6) is -2.94. The Morgan fingerprint density at radius 2 is 1.95 bits per heavy atom. The van der Waals surface area contributed by atoms with Crippen LogP contribution in [0.5, 0.6) is 0 Å². The van der Waals surface area contributed by atoms with Gasteiger partial charge in [-0.2, -0.15) is 0 Å². The highest BCUT2D eigenvalue weighted by Gasteiger charge is 2.33. The van der Waals surface area contributed by atoms with Gasteiger partial charge >= 0.3 is 5.97 Å². The molecule has 0 radical (unpaired) electrons. The molecule has 3 N–H and O–H groups in total. The van der Waals surface area contributed by atoms with Crippen molar-refractivity contribution in [2.75, 3.05) is 0 Å². The van der Waals surface area contributed by atoms with E-state index in [1.54, 1.807) is 0 Å². The topological polar surface area (TPSA) is 104 Å². The number of sulfonamides is 1. The van der Waals surface area contributed by atoms with Crippen LogP contribution in [0.1, 0.15) is 31.1 Å². The van der Waals surface area contributed by atoms with E-state index in [1.807, 2.05) is 0 Å². The second-order valence-electron chi connectivity index (χ2n) is 5.07. The molecule has 21 heavy (non-hydrogen) atoms. The van der Waals surface area contributed by atoms with E-state index in [9.17, 15) is 22.7 Å². The van der Waals surface area contributed by atoms with Gasteiger partial charge in [0, 0.05) is 4.47 Å². The SMILES string of the molecule is CC(O)C(C)(C)NS(=O)(=O)c1cc(Br)cc(C(=O)O)c1F. The second kappa shape index (κ2) is 5.99. The van der Waals surface area contributed by atoms with Gasteiger partial charge in [-0.25, -0.2) is 22.3 Å². The minimum atomic E-state index is -4.35. The third-order valence-corrected chi connectivity index (χ3v) is 5.09. The Morgan fingerprint density at radius 1 is 1.43 bits per heavy atom. The number of aromatic carboxylic acids is 1. The number of aliphatic hydroxyl groups is 1. The lowest BCUT2D eigenvalue weighted by molar-refractivity contribution is 0.0691. The van der Waals surface area contributed by atoms with Gasteiger partial charge in [-0.15, -0.1) is 0 Å². The Balaban J connectivity index is 3.43. The van der Waals surface area contributed by atoms with Crippen molar-refractivity contribution in [2.24, 2.45) is 0 Å². The number of hydrogen-bond donors (Lipinski definition) is 3. The van der Waals surface area contributed by atoms with Gasteiger partial charge in [-0.3, -0.25) is 0 Å². The van der Waals surface area contributed by atoms with Crippen LogP contribution in [0.15, 0.2) is 21.5 Å². The minimum absolute atomic E-state index is 0.108. The van der Waals surface area contributed by atoms with Crippen molar-refractivity contribution in [3.63, 3.8) is 0 Å². The van der Waals surface area contributed by atoms with E-state index in [4.69, 9.17) is 5.11 Å². The van der Waals surface area contributed by atoms with Crippen molar-refractivity contribution < 1.29 is 27.8 Å². The molecule has 0 bridgehead atoms. The highest BCUT2D eigenvalue weighted by molar-refractivity contribution is 9.10. The molecule has 118 valence electrons. The van der Waals surface area contributed by atoms with Gasteiger partial charge in [0.15, 0.2) is 5.82 Å². The molecule has 0 heterocycles. The molecular weight excluding hydrogens is 369 g/mol. The molecule has 0 saturated carbocycles. The number of hydrogen-bond acceptors (Lipinski definition) is 4. The minimum Gasteiger partial charge on any atom is -0.478 e. The summed E-state index contributed by atoms with van der Waals surface area (Å²) in [6.45, 7) is 4.22. The van der Waals surface area contributed by atoms with E-state index >= 15 is 0 Å². The average Bonchev–Trinajstić information content (AvgIpc) is 2.29. The number of carboxylic acid groups (broad SMARTS) is 1. The van der Waals surface area contributed by atoms with Crippen LogP contribution in [-0.2, 0) is 10.0 Å². The predicted molar refractivity (Wildman–Crippen MR) is 77.1 cm³/mol. The first kappa shape index (κ1) is 18.0. The molecule has 0 amide bonds. The molecule has 9 heteroatoms. The van der Waals surface area contributed by atoms with Gasteiger partial charge in [-0.1, -0.05) is 15.9 Å². The molecule has 0 aromatic heterocycles. The first-order valence-electron chi connectivity index (χ1n) is 5.83. The molecule has 0 aliphatic rings. The molecule has 1 atom stereocenters. The molecule has 0 aliphatic carbocycles. The van der Waals surface area contributed by atoms with Crippen molar-refractivity contribution in [1.29, 1.82) is 0 Å². The highest BCUT2D eigenvalue weighted by Crippen LogP contribution is 2.25. The number of carboxylic acids is 1. The van der Waals surface area contributed by atoms with Crippen LogP contribution >= 0.6 is 15.9 Å². The van der Waals surface area contributed by atoms with Crippen LogP contribution in [0, 0.1) is 5.82 Å². The monoisotopic (exact) mass is 383 g/mol. The third-order valence-electron chi connectivity index (χ3n) is 2.97. The van der Waals surface area contributed by atoms with E-state index < -0.39 is 43.9 Å². The van der Waals surface area contributed by atoms with E-state index in [-0.39, 0.29) is 4.47 Å². The van der Waals surface area contributed by atoms with E-state index in [0.29, 0.717) is 0 Å². The molecule has 1 rings (SSSR count). The van der Waals surface area contributed by atoms with Gasteiger partial charge < -0.3 is 10.2 Å². The zero-order chi connectivity index (χ0) is 16.6. The summed E-state index contributed by atoms with van der Waals surface area (Å²) >= 11 is 2.94. The quantitative estimate of drug-likeness (QED) is 0.717. The number of halogens is 2. The molecule has 1 aromatic carbocycles. The maximum atomic E-state index is 14.1. The Bertz CT molecular complexity index is 672. The molecular formula is C12H15BrFNO5S. The summed E-state index contributed by atoms with van der Waals surface area (Å²) in [5, 5.41) is 18.4. The van der Waals surface area contributed by atoms with Crippen LogP contribution in [0.4, 0.5) is 4.39 Å². The van der Waals surface area contributed by atoms with Crippen molar-refractivity contribution in [3.05, 3.63) is 28.0 Å². The number of benzene rings is 1. The summed E-state index contributed by atoms with van der Waals surface area (Å²) in [4.78, 5) is 10.1. The summed E-state index contributed by atoms with van der Waals surface area (Å²) in [5.41, 5.74) is -2.02. The maximum Gasteiger partial charge on any atom is 0.338 e. The van der Waals surface area contributed by atoms with Gasteiger partial charge in [0.25, 0.3) is 0 Å². The molecule has 0 spiro atoms. The van der Waals surface area contributed by atoms with Crippen molar-refractivity contribution in [3.8, 4) is 0 Å². The first-order chi connectivity index (χ1) is 9.38. The summed E-state index contributed by atoms with van der Waals surface area (Å²) < 4.78 is 40.8. The Kier molecular flexibility index (Phi) is 5.14. The highest BCUT2D eigenvalue weighted by atomic mass is 79.9. The third kappa shape index (κ3) is 4.00. The fraction of sp³-hybridized carbons (Fsp3) is 0.417. The summed E-state index contributed by atoms with van der Waals surface area (Å²) in [7, 11) is -4.35. The van der Waals surface area contributed by atoms with Gasteiger partial charge in [0.2, 0.25) is 10.0 Å². The fourth-order valence-corrected chi connectivity index (χ4v) is 3.61. The molecule has 6 nitrogen and oxygen atoms in total. The zero-order valence-corrected chi connectivity index (χ0v) is 13.9. The lowest BCUT2D eigenvalue weighted by atomic mass is 10.0. The van der Waals surface area contributed by atoms with Crippen molar-refractivity contribution in [1.82, 2.24) is 4.72 Å². The standard InChI is InChI=1S/C12H15BrFNO5S/c1-6(16)12(2,3)15-21(19,20)9-5-7(13)4-8(10(9)14)11(17)18/h4-6,15-16H,1-3H3,(H,17,18). The van der Waals surface area contributed by atoms with Crippen LogP contribution in [0.2, 0.25) is 0 Å². The smallest absolute Gasteiger partial charge is 0.338 e. The predicted octanol–water partition coefficient (Wildman–Crippen LogP) is 1.72. The van der Waals surface area contributed by atoms with Crippen LogP contribution < -0.4 is 4.72 Å². The normalized spacial score (nSPS) is 14.0. The molecule has 1 unspecified atom stereocenters. The number of aliphatic hydroxyl groups excluding tert-OH is 1. The van der Waals surface area contributed by atoms with Crippen molar-refractivity contribution >= 4 is 31.9 Å². The summed E-state index contributed by atoms with van der Waals surface area (Å²) in [6.07, 6.45) is -1.04. The molecule has 0 fully saturated rings. The van der Waals surface area contributed by atoms with E-state index in [2.05, 4.69) is 20.7 Å². The zero-order valence-electron chi connectivity index (χ0n) is 11.5. The van der Waals surface area contributed by atoms with Crippen LogP contribution in [0.3, 0.4) is 0 Å². The number of carbonyl (C=O) groups is 1. The van der Waals surface area contributed by atoms with E-state index in [1.165, 1.54) is 20.8 Å². The van der Waals surface area contributed by atoms with Gasteiger partial charge in [-0.05, 0) is 32.9 Å². The second-order valence-corrected chi connectivity index (χ2v) is 7.64. The fourth-order valence-electron chi connectivity index (χ4n) is 1.40. The Labute approximate surface area is 130 Å². The van der Waals surface area contributed by atoms with E-state index in [0.717, 1.165) is 12.1 Å². The summed E-state index contributed by atoms with van der Waals surface area (Å²) in [6, 6.07) is 1.93. The van der Waals surface area contributed by atoms with Gasteiger partial charge in [0.1, 0.15) is 4.90 Å². The number of nitrogens with one attached hydrogen (secondary N) is 1. The lowest BCUT2D eigenvalue weighted by Gasteiger charge is -2.29. The van der Waals surface area contributed by atoms with Crippen LogP contribution in [0.25, 0.3) is 0 Å². The molecule has 1 aromatic rings. The average molecular weight is 384 g/mol. The number of rotatable bonds is 5. The largest absolute Gasteiger partial charge is 0.478 e.